The van der Waals surface area contributed by atoms with Gasteiger partial charge in [0.1, 0.15) is 0 Å². The van der Waals surface area contributed by atoms with Crippen LogP contribution in [0, 0.1) is 17.0 Å². The molecule has 1 N–H and O–H groups in total. The zero-order valence-corrected chi connectivity index (χ0v) is 12.9. The predicted molar refractivity (Wildman–Crippen MR) is 81.6 cm³/mol. The van der Waals surface area contributed by atoms with Crippen molar-refractivity contribution < 1.29 is 18.1 Å². The second kappa shape index (κ2) is 6.41. The van der Waals surface area contributed by atoms with Crippen LogP contribution in [-0.2, 0) is 14.6 Å². The highest BCUT2D eigenvalue weighted by Gasteiger charge is 2.23. The van der Waals surface area contributed by atoms with E-state index in [1.165, 1.54) is 12.1 Å². The first-order chi connectivity index (χ1) is 10.3. The molecule has 1 amide bonds. The highest BCUT2D eigenvalue weighted by molar-refractivity contribution is 7.91. The van der Waals surface area contributed by atoms with E-state index in [4.69, 9.17) is 0 Å². The fraction of sp³-hybridized carbons (Fsp3) is 0.462. The van der Waals surface area contributed by atoms with Gasteiger partial charge in [-0.15, -0.1) is 0 Å². The monoisotopic (exact) mass is 327 g/mol. The van der Waals surface area contributed by atoms with E-state index >= 15 is 0 Å². The minimum atomic E-state index is -2.98. The number of nitrogens with one attached hydrogen (secondary N) is 1. The molecular weight excluding hydrogens is 310 g/mol. The van der Waals surface area contributed by atoms with E-state index in [-0.39, 0.29) is 29.6 Å². The van der Waals surface area contributed by atoms with Crippen molar-refractivity contribution in [3.8, 4) is 0 Å². The molecule has 1 aliphatic heterocycles. The van der Waals surface area contributed by atoms with Crippen LogP contribution in [0.25, 0.3) is 0 Å². The van der Waals surface area contributed by atoms with E-state index in [0.717, 1.165) is 5.56 Å². The lowest BCUT2D eigenvalue weighted by molar-refractivity contribution is -0.384. The van der Waals surface area contributed by atoms with Crippen molar-refractivity contribution in [2.45, 2.75) is 6.92 Å². The van der Waals surface area contributed by atoms with Gasteiger partial charge in [-0.05, 0) is 12.5 Å². The third-order valence-corrected chi connectivity index (χ3v) is 5.12. The smallest absolute Gasteiger partial charge is 0.271 e. The van der Waals surface area contributed by atoms with E-state index in [1.807, 2.05) is 0 Å². The molecule has 0 aromatic heterocycles. The van der Waals surface area contributed by atoms with Crippen molar-refractivity contribution in [1.29, 1.82) is 0 Å². The Hall–Kier alpha value is -2.00. The van der Waals surface area contributed by atoms with E-state index in [9.17, 15) is 23.3 Å². The summed E-state index contributed by atoms with van der Waals surface area (Å²) in [4.78, 5) is 24.0. The van der Waals surface area contributed by atoms with E-state index in [2.05, 4.69) is 5.32 Å². The molecule has 2 rings (SSSR count). The van der Waals surface area contributed by atoms with Gasteiger partial charge in [-0.25, -0.2) is 8.42 Å². The number of nitrogens with zero attached hydrogens (tertiary/aromatic N) is 2. The topological polar surface area (TPSA) is 110 Å². The van der Waals surface area contributed by atoms with Gasteiger partial charge in [-0.1, -0.05) is 6.07 Å². The number of sulfone groups is 1. The van der Waals surface area contributed by atoms with E-state index < -0.39 is 14.8 Å². The summed E-state index contributed by atoms with van der Waals surface area (Å²) in [7, 11) is -2.98. The van der Waals surface area contributed by atoms with Gasteiger partial charge in [-0.2, -0.15) is 0 Å². The van der Waals surface area contributed by atoms with Gasteiger partial charge in [0.25, 0.3) is 5.69 Å². The van der Waals surface area contributed by atoms with Crippen LogP contribution in [0.2, 0.25) is 0 Å². The Bertz CT molecular complexity index is 688. The summed E-state index contributed by atoms with van der Waals surface area (Å²) < 4.78 is 22.7. The van der Waals surface area contributed by atoms with Gasteiger partial charge in [0, 0.05) is 25.2 Å². The number of hydrogen-bond donors (Lipinski definition) is 1. The number of carbonyl (C=O) groups excluding carboxylic acids is 1. The van der Waals surface area contributed by atoms with Crippen molar-refractivity contribution in [3.63, 3.8) is 0 Å². The standard InChI is InChI=1S/C13H17N3O5S/c1-10-2-3-11(16(18)19)8-12(10)14-13(17)9-15-4-6-22(20,21)7-5-15/h2-3,8H,4-7,9H2,1H3,(H,14,17). The van der Waals surface area contributed by atoms with Gasteiger partial charge >= 0.3 is 0 Å². The zero-order valence-electron chi connectivity index (χ0n) is 12.1. The third-order valence-electron chi connectivity index (χ3n) is 3.51. The van der Waals surface area contributed by atoms with Crippen molar-refractivity contribution in [2.24, 2.45) is 0 Å². The average Bonchev–Trinajstić information content (AvgIpc) is 2.43. The largest absolute Gasteiger partial charge is 0.324 e. The number of nitro benzene ring substituents is 1. The minimum Gasteiger partial charge on any atom is -0.324 e. The summed E-state index contributed by atoms with van der Waals surface area (Å²) in [5.41, 5.74) is 1.02. The maximum atomic E-state index is 12.0. The zero-order chi connectivity index (χ0) is 16.3. The second-order valence-corrected chi connectivity index (χ2v) is 7.54. The third kappa shape index (κ3) is 4.25. The summed E-state index contributed by atoms with van der Waals surface area (Å²) in [6.45, 7) is 2.46. The SMILES string of the molecule is Cc1ccc([N+](=O)[O-])cc1NC(=O)CN1CCS(=O)(=O)CC1. The van der Waals surface area contributed by atoms with Gasteiger partial charge in [-0.3, -0.25) is 19.8 Å². The van der Waals surface area contributed by atoms with Gasteiger partial charge in [0.05, 0.1) is 28.7 Å². The maximum absolute atomic E-state index is 12.0. The highest BCUT2D eigenvalue weighted by atomic mass is 32.2. The lowest BCUT2D eigenvalue weighted by atomic mass is 10.2. The molecule has 22 heavy (non-hydrogen) atoms. The Kier molecular flexibility index (Phi) is 4.77. The first-order valence-electron chi connectivity index (χ1n) is 6.74. The highest BCUT2D eigenvalue weighted by Crippen LogP contribution is 2.21. The maximum Gasteiger partial charge on any atom is 0.271 e. The predicted octanol–water partition coefficient (Wildman–Crippen LogP) is 0.572. The van der Waals surface area contributed by atoms with Crippen molar-refractivity contribution in [2.75, 3.05) is 36.5 Å². The van der Waals surface area contributed by atoms with Gasteiger partial charge in [0.2, 0.25) is 5.91 Å². The summed E-state index contributed by atoms with van der Waals surface area (Å²) in [5, 5.41) is 13.4. The number of rotatable bonds is 4. The van der Waals surface area contributed by atoms with Crippen LogP contribution in [0.5, 0.6) is 0 Å². The van der Waals surface area contributed by atoms with Crippen LogP contribution in [0.4, 0.5) is 11.4 Å². The van der Waals surface area contributed by atoms with E-state index in [0.29, 0.717) is 18.8 Å². The number of amides is 1. The summed E-state index contributed by atoms with van der Waals surface area (Å²) in [5.74, 6) is -0.213. The van der Waals surface area contributed by atoms with Crippen molar-refractivity contribution in [1.82, 2.24) is 4.90 Å². The normalized spacial score (nSPS) is 17.9. The van der Waals surface area contributed by atoms with Crippen LogP contribution in [0.1, 0.15) is 5.56 Å². The average molecular weight is 327 g/mol. The molecule has 0 bridgehead atoms. The number of nitro groups is 1. The quantitative estimate of drug-likeness (QED) is 0.639. The Morgan fingerprint density at radius 2 is 2.00 bits per heavy atom. The number of aryl methyl sites for hydroxylation is 1. The molecule has 0 spiro atoms. The fourth-order valence-corrected chi connectivity index (χ4v) is 3.44. The Morgan fingerprint density at radius 3 is 2.59 bits per heavy atom. The lowest BCUT2D eigenvalue weighted by Crippen LogP contribution is -2.43. The number of carbonyl (C=O) groups is 1. The molecule has 0 unspecified atom stereocenters. The second-order valence-electron chi connectivity index (χ2n) is 5.23. The van der Waals surface area contributed by atoms with Crippen molar-refractivity contribution >= 4 is 27.1 Å². The molecular formula is C13H17N3O5S. The number of benzene rings is 1. The van der Waals surface area contributed by atoms with E-state index in [1.54, 1.807) is 17.9 Å². The van der Waals surface area contributed by atoms with Crippen LogP contribution < -0.4 is 5.32 Å². The Morgan fingerprint density at radius 1 is 1.36 bits per heavy atom. The summed E-state index contributed by atoms with van der Waals surface area (Å²) in [6.07, 6.45) is 0. The molecule has 1 saturated heterocycles. The molecule has 1 aliphatic rings. The lowest BCUT2D eigenvalue weighted by Gasteiger charge is -2.25. The molecule has 0 radical (unpaired) electrons. The molecule has 0 saturated carbocycles. The van der Waals surface area contributed by atoms with Crippen LogP contribution in [0.3, 0.4) is 0 Å². The molecule has 1 aromatic rings. The fourth-order valence-electron chi connectivity index (χ4n) is 2.16. The summed E-state index contributed by atoms with van der Waals surface area (Å²) in [6, 6.07) is 4.26. The molecule has 0 aliphatic carbocycles. The molecule has 8 nitrogen and oxygen atoms in total. The Labute approximate surface area is 128 Å². The molecule has 0 atom stereocenters. The number of anilines is 1. The first kappa shape index (κ1) is 16.4. The first-order valence-corrected chi connectivity index (χ1v) is 8.57. The summed E-state index contributed by atoms with van der Waals surface area (Å²) >= 11 is 0. The van der Waals surface area contributed by atoms with Crippen LogP contribution in [0.15, 0.2) is 18.2 Å². The molecule has 1 aromatic carbocycles. The van der Waals surface area contributed by atoms with Gasteiger partial charge < -0.3 is 5.32 Å². The van der Waals surface area contributed by atoms with Crippen LogP contribution in [-0.4, -0.2) is 55.3 Å². The molecule has 120 valence electrons. The number of hydrogen-bond acceptors (Lipinski definition) is 6. The molecule has 1 fully saturated rings. The number of non-ortho nitro benzene ring substituents is 1. The van der Waals surface area contributed by atoms with Crippen molar-refractivity contribution in [3.05, 3.63) is 33.9 Å². The van der Waals surface area contributed by atoms with Crippen LogP contribution >= 0.6 is 0 Å². The minimum absolute atomic E-state index is 0.0517. The Balaban J connectivity index is 1.98. The molecule has 1 heterocycles. The van der Waals surface area contributed by atoms with Gasteiger partial charge in [0.15, 0.2) is 9.84 Å². The molecule has 9 heteroatoms.